The van der Waals surface area contributed by atoms with Gasteiger partial charge in [-0.05, 0) is 82.3 Å². The number of aryl methyl sites for hydroxylation is 1. The summed E-state index contributed by atoms with van der Waals surface area (Å²) < 4.78 is 10.6. The van der Waals surface area contributed by atoms with E-state index in [4.69, 9.17) is 9.15 Å². The van der Waals surface area contributed by atoms with Crippen molar-refractivity contribution in [3.8, 4) is 0 Å². The molecule has 0 unspecified atom stereocenters. The number of hydrogen-bond donors (Lipinski definition) is 2. The van der Waals surface area contributed by atoms with Gasteiger partial charge in [0, 0.05) is 18.2 Å². The first-order chi connectivity index (χ1) is 17.9. The molecule has 2 fully saturated rings. The van der Waals surface area contributed by atoms with Crippen molar-refractivity contribution in [1.82, 2.24) is 14.9 Å². The number of nitrogens with one attached hydrogen (secondary N) is 2. The molecule has 5 rings (SSSR count). The molecule has 194 valence electrons. The molecule has 0 atom stereocenters. The van der Waals surface area contributed by atoms with E-state index in [1.54, 1.807) is 12.3 Å². The maximum Gasteiger partial charge on any atom is 0.356 e. The summed E-state index contributed by atoms with van der Waals surface area (Å²) in [7, 11) is 1.26. The van der Waals surface area contributed by atoms with Crippen LogP contribution in [0.2, 0.25) is 0 Å². The molecule has 1 saturated heterocycles. The number of carbonyl (C=O) groups excluding carboxylic acids is 3. The number of likely N-dealkylation sites (tertiary alicyclic amines) is 1. The highest BCUT2D eigenvalue weighted by Gasteiger charge is 2.32. The Labute approximate surface area is 214 Å². The Balaban J connectivity index is 1.40. The molecule has 3 aromatic heterocycles. The van der Waals surface area contributed by atoms with Crippen molar-refractivity contribution in [3.63, 3.8) is 0 Å². The van der Waals surface area contributed by atoms with Crippen LogP contribution in [0.15, 0.2) is 34.9 Å². The first kappa shape index (κ1) is 24.9. The number of furan rings is 1. The third-order valence-corrected chi connectivity index (χ3v) is 7.26. The number of amides is 2. The van der Waals surface area contributed by atoms with Crippen LogP contribution in [0.25, 0.3) is 11.1 Å². The Morgan fingerprint density at radius 1 is 1.03 bits per heavy atom. The number of nitrogens with zero attached hydrogens (tertiary/aromatic N) is 3. The molecule has 37 heavy (non-hydrogen) atoms. The number of carbonyl (C=O) groups is 3. The SMILES string of the molecule is COC(=O)c1ccc2oc(C(=O)Nc3ccc(C)cn3)c(NC(=O)C3CCC(N4CCCC4)CC3)c2n1. The van der Waals surface area contributed by atoms with Gasteiger partial charge in [0.2, 0.25) is 11.7 Å². The fourth-order valence-electron chi connectivity index (χ4n) is 5.22. The number of hydrogen-bond acceptors (Lipinski definition) is 8. The molecule has 3 aromatic rings. The lowest BCUT2D eigenvalue weighted by atomic mass is 9.85. The van der Waals surface area contributed by atoms with Crippen molar-refractivity contribution < 1.29 is 23.5 Å². The van der Waals surface area contributed by atoms with E-state index in [9.17, 15) is 14.4 Å². The molecular formula is C27H31N5O5. The molecule has 4 heterocycles. The molecule has 0 spiro atoms. The van der Waals surface area contributed by atoms with Gasteiger partial charge in [0.25, 0.3) is 5.91 Å². The second-order valence-electron chi connectivity index (χ2n) is 9.75. The minimum absolute atomic E-state index is 0.0459. The maximum atomic E-state index is 13.4. The molecule has 1 aliphatic carbocycles. The van der Waals surface area contributed by atoms with Gasteiger partial charge < -0.3 is 24.7 Å². The van der Waals surface area contributed by atoms with E-state index in [2.05, 4.69) is 25.5 Å². The van der Waals surface area contributed by atoms with E-state index < -0.39 is 11.9 Å². The molecule has 10 heteroatoms. The highest BCUT2D eigenvalue weighted by atomic mass is 16.5. The molecule has 2 aliphatic rings. The van der Waals surface area contributed by atoms with E-state index in [1.807, 2.05) is 13.0 Å². The number of anilines is 2. The second kappa shape index (κ2) is 10.7. The standard InChI is InChI=1S/C27H31N5O5/c1-16-5-12-21(28-15-16)30-26(34)24-23(22-20(37-24)11-10-19(29-22)27(35)36-2)31-25(33)17-6-8-18(9-7-17)32-13-3-4-14-32/h5,10-12,15,17-18H,3-4,6-9,13-14H2,1-2H3,(H,31,33)(H,28,30,34). The zero-order chi connectivity index (χ0) is 25.9. The molecule has 0 bridgehead atoms. The number of methoxy groups -OCH3 is 1. The normalized spacial score (nSPS) is 20.1. The van der Waals surface area contributed by atoms with E-state index in [0.717, 1.165) is 44.3 Å². The number of pyridine rings is 2. The Morgan fingerprint density at radius 2 is 1.78 bits per heavy atom. The zero-order valence-electron chi connectivity index (χ0n) is 21.1. The van der Waals surface area contributed by atoms with Gasteiger partial charge in [-0.15, -0.1) is 0 Å². The summed E-state index contributed by atoms with van der Waals surface area (Å²) in [6.07, 6.45) is 7.63. The Hall–Kier alpha value is -3.79. The van der Waals surface area contributed by atoms with Crippen molar-refractivity contribution in [2.75, 3.05) is 30.8 Å². The van der Waals surface area contributed by atoms with Gasteiger partial charge in [0.1, 0.15) is 22.7 Å². The summed E-state index contributed by atoms with van der Waals surface area (Å²) in [5, 5.41) is 5.61. The third-order valence-electron chi connectivity index (χ3n) is 7.26. The number of ether oxygens (including phenoxy) is 1. The average Bonchev–Trinajstić information content (AvgIpc) is 3.58. The molecule has 1 saturated carbocycles. The lowest BCUT2D eigenvalue weighted by molar-refractivity contribution is -0.121. The number of rotatable bonds is 6. The van der Waals surface area contributed by atoms with Crippen molar-refractivity contribution >= 4 is 40.4 Å². The van der Waals surface area contributed by atoms with Crippen molar-refractivity contribution in [2.45, 2.75) is 51.5 Å². The van der Waals surface area contributed by atoms with Crippen LogP contribution in [0.4, 0.5) is 11.5 Å². The summed E-state index contributed by atoms with van der Waals surface area (Å²) in [6.45, 7) is 4.19. The van der Waals surface area contributed by atoms with Crippen LogP contribution in [0.3, 0.4) is 0 Å². The van der Waals surface area contributed by atoms with Crippen LogP contribution in [0.1, 0.15) is 65.1 Å². The highest BCUT2D eigenvalue weighted by Crippen LogP contribution is 2.34. The molecule has 0 radical (unpaired) electrons. The van der Waals surface area contributed by atoms with Gasteiger partial charge in [0.15, 0.2) is 5.58 Å². The quantitative estimate of drug-likeness (QED) is 0.478. The molecular weight excluding hydrogens is 474 g/mol. The van der Waals surface area contributed by atoms with Crippen molar-refractivity contribution in [3.05, 3.63) is 47.5 Å². The smallest absolute Gasteiger partial charge is 0.356 e. The Bertz CT molecular complexity index is 1300. The molecule has 2 amide bonds. The summed E-state index contributed by atoms with van der Waals surface area (Å²) in [5.74, 6) is -1.34. The third kappa shape index (κ3) is 5.34. The predicted molar refractivity (Wildman–Crippen MR) is 137 cm³/mol. The summed E-state index contributed by atoms with van der Waals surface area (Å²) in [4.78, 5) is 49.7. The topological polar surface area (TPSA) is 127 Å². The molecule has 10 nitrogen and oxygen atoms in total. The van der Waals surface area contributed by atoms with Gasteiger partial charge in [-0.25, -0.2) is 14.8 Å². The van der Waals surface area contributed by atoms with E-state index >= 15 is 0 Å². The van der Waals surface area contributed by atoms with Crippen LogP contribution in [-0.2, 0) is 9.53 Å². The second-order valence-corrected chi connectivity index (χ2v) is 9.75. The lowest BCUT2D eigenvalue weighted by Gasteiger charge is -2.33. The predicted octanol–water partition coefficient (Wildman–Crippen LogP) is 4.16. The number of esters is 1. The van der Waals surface area contributed by atoms with E-state index in [1.165, 1.54) is 32.1 Å². The minimum Gasteiger partial charge on any atom is -0.464 e. The Morgan fingerprint density at radius 3 is 2.46 bits per heavy atom. The summed E-state index contributed by atoms with van der Waals surface area (Å²) in [5.41, 5.74) is 1.61. The molecule has 0 aromatic carbocycles. The van der Waals surface area contributed by atoms with Crippen LogP contribution < -0.4 is 10.6 Å². The van der Waals surface area contributed by atoms with Crippen molar-refractivity contribution in [2.24, 2.45) is 5.92 Å². The van der Waals surface area contributed by atoms with Gasteiger partial charge in [-0.1, -0.05) is 6.07 Å². The first-order valence-electron chi connectivity index (χ1n) is 12.7. The molecule has 1 aliphatic heterocycles. The monoisotopic (exact) mass is 505 g/mol. The summed E-state index contributed by atoms with van der Waals surface area (Å²) >= 11 is 0. The van der Waals surface area contributed by atoms with E-state index in [0.29, 0.717) is 11.9 Å². The average molecular weight is 506 g/mol. The first-order valence-corrected chi connectivity index (χ1v) is 12.7. The minimum atomic E-state index is -0.629. The fraction of sp³-hybridized carbons (Fsp3) is 0.444. The number of aromatic nitrogens is 2. The molecule has 2 N–H and O–H groups in total. The van der Waals surface area contributed by atoms with E-state index in [-0.39, 0.29) is 40.1 Å². The Kier molecular flexibility index (Phi) is 7.18. The highest BCUT2D eigenvalue weighted by molar-refractivity contribution is 6.14. The van der Waals surface area contributed by atoms with Crippen LogP contribution in [0, 0.1) is 12.8 Å². The summed E-state index contributed by atoms with van der Waals surface area (Å²) in [6, 6.07) is 7.03. The van der Waals surface area contributed by atoms with Gasteiger partial charge in [-0.2, -0.15) is 0 Å². The number of fused-ring (bicyclic) bond motifs is 1. The largest absolute Gasteiger partial charge is 0.464 e. The van der Waals surface area contributed by atoms with Crippen molar-refractivity contribution in [1.29, 1.82) is 0 Å². The lowest BCUT2D eigenvalue weighted by Crippen LogP contribution is -2.38. The van der Waals surface area contributed by atoms with Crippen LogP contribution >= 0.6 is 0 Å². The maximum absolute atomic E-state index is 13.4. The van der Waals surface area contributed by atoms with Gasteiger partial charge >= 0.3 is 5.97 Å². The van der Waals surface area contributed by atoms with Gasteiger partial charge in [-0.3, -0.25) is 9.59 Å². The fourth-order valence-corrected chi connectivity index (χ4v) is 5.22. The van der Waals surface area contributed by atoms with Crippen LogP contribution in [0.5, 0.6) is 0 Å². The van der Waals surface area contributed by atoms with Gasteiger partial charge in [0.05, 0.1) is 7.11 Å². The van der Waals surface area contributed by atoms with Crippen LogP contribution in [-0.4, -0.2) is 58.9 Å². The zero-order valence-corrected chi connectivity index (χ0v) is 21.1.